The highest BCUT2D eigenvalue weighted by Gasteiger charge is 2.37. The second kappa shape index (κ2) is 9.51. The van der Waals surface area contributed by atoms with E-state index in [1.165, 1.54) is 0 Å². The van der Waals surface area contributed by atoms with Gasteiger partial charge >= 0.3 is 0 Å². The molecule has 2 aliphatic heterocycles. The Hall–Kier alpha value is -3.70. The number of amides is 1. The molecule has 1 amide bonds. The third-order valence-electron chi connectivity index (χ3n) is 6.33. The molecule has 1 atom stereocenters. The number of nitrogens with zero attached hydrogens (tertiary/aromatic N) is 6. The summed E-state index contributed by atoms with van der Waals surface area (Å²) < 4.78 is 18.8. The molecule has 184 valence electrons. The zero-order valence-electron chi connectivity index (χ0n) is 20.3. The standard InChI is InChI=1S/C24H29N7O4/c1-29(2)11-9-25-24(32)16-6-5-7-17(12-16)31-23(26-27-28-31)20-19-15(8-10-30(20)3)13-18-21(22(19)33-4)35-14-34-18/h5-7,12-13,20H,8-11,14H2,1-4H3,(H,25,32)/t20-/m1/s1. The van der Waals surface area contributed by atoms with E-state index in [0.29, 0.717) is 40.9 Å². The molecule has 0 bridgehead atoms. The molecule has 0 fully saturated rings. The van der Waals surface area contributed by atoms with E-state index in [4.69, 9.17) is 14.2 Å². The molecular weight excluding hydrogens is 450 g/mol. The quantitative estimate of drug-likeness (QED) is 0.536. The van der Waals surface area contributed by atoms with Gasteiger partial charge < -0.3 is 24.4 Å². The van der Waals surface area contributed by atoms with Crippen molar-refractivity contribution in [3.05, 3.63) is 52.8 Å². The summed E-state index contributed by atoms with van der Waals surface area (Å²) in [5, 5.41) is 15.6. The van der Waals surface area contributed by atoms with E-state index in [0.717, 1.165) is 30.6 Å². The lowest BCUT2D eigenvalue weighted by atomic mass is 9.90. The van der Waals surface area contributed by atoms with Crippen LogP contribution in [0, 0.1) is 0 Å². The van der Waals surface area contributed by atoms with Crippen molar-refractivity contribution < 1.29 is 19.0 Å². The molecule has 0 spiro atoms. The first-order valence-corrected chi connectivity index (χ1v) is 11.5. The molecule has 2 aliphatic rings. The Morgan fingerprint density at radius 3 is 2.94 bits per heavy atom. The number of methoxy groups -OCH3 is 1. The number of aromatic nitrogens is 4. The van der Waals surface area contributed by atoms with Gasteiger partial charge in [0.05, 0.1) is 12.8 Å². The third-order valence-corrected chi connectivity index (χ3v) is 6.33. The maximum atomic E-state index is 12.7. The van der Waals surface area contributed by atoms with Gasteiger partial charge in [0.25, 0.3) is 5.91 Å². The van der Waals surface area contributed by atoms with Crippen molar-refractivity contribution in [2.45, 2.75) is 12.5 Å². The number of likely N-dealkylation sites (N-methyl/N-ethyl adjacent to an activating group) is 2. The second-order valence-electron chi connectivity index (χ2n) is 8.91. The molecular formula is C24H29N7O4. The van der Waals surface area contributed by atoms with Crippen molar-refractivity contribution in [2.75, 3.05) is 54.7 Å². The van der Waals surface area contributed by atoms with Gasteiger partial charge in [-0.2, -0.15) is 4.68 Å². The Kier molecular flexibility index (Phi) is 6.27. The van der Waals surface area contributed by atoms with Crippen molar-refractivity contribution >= 4 is 5.91 Å². The van der Waals surface area contributed by atoms with E-state index < -0.39 is 0 Å². The van der Waals surface area contributed by atoms with E-state index in [1.54, 1.807) is 23.9 Å². The summed E-state index contributed by atoms with van der Waals surface area (Å²) in [6.45, 7) is 2.29. The molecule has 35 heavy (non-hydrogen) atoms. The Morgan fingerprint density at radius 2 is 2.14 bits per heavy atom. The second-order valence-corrected chi connectivity index (χ2v) is 8.91. The summed E-state index contributed by atoms with van der Waals surface area (Å²) in [6.07, 6.45) is 0.833. The predicted octanol–water partition coefficient (Wildman–Crippen LogP) is 1.27. The maximum absolute atomic E-state index is 12.7. The fraction of sp³-hybridized carbons (Fsp3) is 0.417. The first-order chi connectivity index (χ1) is 17.0. The number of ether oxygens (including phenoxy) is 3. The molecule has 11 heteroatoms. The van der Waals surface area contributed by atoms with Crippen LogP contribution in [-0.4, -0.2) is 90.6 Å². The summed E-state index contributed by atoms with van der Waals surface area (Å²) in [5.74, 6) is 2.40. The summed E-state index contributed by atoms with van der Waals surface area (Å²) >= 11 is 0. The number of hydrogen-bond donors (Lipinski definition) is 1. The van der Waals surface area contributed by atoms with E-state index in [1.807, 2.05) is 44.2 Å². The van der Waals surface area contributed by atoms with Crippen LogP contribution in [0.2, 0.25) is 0 Å². The van der Waals surface area contributed by atoms with E-state index in [-0.39, 0.29) is 18.7 Å². The molecule has 3 heterocycles. The average Bonchev–Trinajstić information content (AvgIpc) is 3.52. The van der Waals surface area contributed by atoms with Gasteiger partial charge in [-0.3, -0.25) is 9.69 Å². The molecule has 0 unspecified atom stereocenters. The van der Waals surface area contributed by atoms with Crippen LogP contribution in [0.3, 0.4) is 0 Å². The summed E-state index contributed by atoms with van der Waals surface area (Å²) in [6, 6.07) is 9.04. The van der Waals surface area contributed by atoms with Gasteiger partial charge in [0.15, 0.2) is 17.3 Å². The van der Waals surface area contributed by atoms with E-state index in [2.05, 4.69) is 25.7 Å². The van der Waals surface area contributed by atoms with Gasteiger partial charge in [-0.15, -0.1) is 5.10 Å². The minimum atomic E-state index is -0.282. The molecule has 1 N–H and O–H groups in total. The SMILES string of the molecule is COc1c2c(cc3c1[C@H](c1nnnn1-c1cccc(C(=O)NCCN(C)C)c1)N(C)CC3)OCO2. The molecule has 0 radical (unpaired) electrons. The fourth-order valence-electron chi connectivity index (χ4n) is 4.58. The first-order valence-electron chi connectivity index (χ1n) is 11.5. The molecule has 0 saturated heterocycles. The average molecular weight is 480 g/mol. The first kappa shape index (κ1) is 23.1. The molecule has 11 nitrogen and oxygen atoms in total. The minimum absolute atomic E-state index is 0.141. The highest BCUT2D eigenvalue weighted by molar-refractivity contribution is 5.94. The third kappa shape index (κ3) is 4.28. The van der Waals surface area contributed by atoms with Gasteiger partial charge in [0, 0.05) is 30.8 Å². The molecule has 1 aromatic heterocycles. The monoisotopic (exact) mass is 479 g/mol. The number of fused-ring (bicyclic) bond motifs is 2. The number of tetrazole rings is 1. The van der Waals surface area contributed by atoms with Crippen LogP contribution in [0.25, 0.3) is 5.69 Å². The predicted molar refractivity (Wildman–Crippen MR) is 127 cm³/mol. The number of carbonyl (C=O) groups is 1. The minimum Gasteiger partial charge on any atom is -0.492 e. The number of carbonyl (C=O) groups excluding carboxylic acids is 1. The number of benzene rings is 2. The lowest BCUT2D eigenvalue weighted by Crippen LogP contribution is -2.35. The molecule has 5 rings (SSSR count). The largest absolute Gasteiger partial charge is 0.492 e. The highest BCUT2D eigenvalue weighted by Crippen LogP contribution is 2.50. The van der Waals surface area contributed by atoms with Crippen molar-refractivity contribution in [1.29, 1.82) is 0 Å². The summed E-state index contributed by atoms with van der Waals surface area (Å²) in [5.41, 5.74) is 3.31. The number of hydrogen-bond acceptors (Lipinski definition) is 9. The lowest BCUT2D eigenvalue weighted by molar-refractivity contribution is 0.0951. The lowest BCUT2D eigenvalue weighted by Gasteiger charge is -2.34. The van der Waals surface area contributed by atoms with Crippen LogP contribution < -0.4 is 19.5 Å². The van der Waals surface area contributed by atoms with Crippen LogP contribution >= 0.6 is 0 Å². The molecule has 0 saturated carbocycles. The molecule has 0 aliphatic carbocycles. The summed E-state index contributed by atoms with van der Waals surface area (Å²) in [4.78, 5) is 16.9. The van der Waals surface area contributed by atoms with Gasteiger partial charge in [0.1, 0.15) is 6.04 Å². The zero-order valence-corrected chi connectivity index (χ0v) is 20.3. The van der Waals surface area contributed by atoms with Gasteiger partial charge in [-0.1, -0.05) is 6.07 Å². The number of nitrogens with one attached hydrogen (secondary N) is 1. The van der Waals surface area contributed by atoms with Crippen molar-refractivity contribution in [3.63, 3.8) is 0 Å². The van der Waals surface area contributed by atoms with Crippen molar-refractivity contribution in [1.82, 2.24) is 35.3 Å². The topological polar surface area (TPSA) is 107 Å². The van der Waals surface area contributed by atoms with Crippen molar-refractivity contribution in [2.24, 2.45) is 0 Å². The van der Waals surface area contributed by atoms with Crippen LogP contribution in [0.4, 0.5) is 0 Å². The van der Waals surface area contributed by atoms with Gasteiger partial charge in [-0.05, 0) is 67.8 Å². The highest BCUT2D eigenvalue weighted by atomic mass is 16.7. The Labute approximate surface area is 203 Å². The van der Waals surface area contributed by atoms with Crippen LogP contribution in [0.15, 0.2) is 30.3 Å². The summed E-state index contributed by atoms with van der Waals surface area (Å²) in [7, 11) is 7.60. The van der Waals surface area contributed by atoms with Crippen LogP contribution in [0.5, 0.6) is 17.2 Å². The van der Waals surface area contributed by atoms with Crippen LogP contribution in [-0.2, 0) is 6.42 Å². The molecule has 2 aromatic carbocycles. The maximum Gasteiger partial charge on any atom is 0.251 e. The zero-order chi connectivity index (χ0) is 24.5. The Morgan fingerprint density at radius 1 is 1.29 bits per heavy atom. The van der Waals surface area contributed by atoms with E-state index in [9.17, 15) is 4.79 Å². The van der Waals surface area contributed by atoms with Gasteiger partial charge in [-0.25, -0.2) is 0 Å². The number of rotatable bonds is 7. The van der Waals surface area contributed by atoms with Gasteiger partial charge in [0.2, 0.25) is 12.5 Å². The normalized spacial score (nSPS) is 16.9. The Bertz CT molecular complexity index is 1240. The van der Waals surface area contributed by atoms with E-state index >= 15 is 0 Å². The molecule has 3 aromatic rings. The fourth-order valence-corrected chi connectivity index (χ4v) is 4.58. The van der Waals surface area contributed by atoms with Crippen LogP contribution in [0.1, 0.15) is 33.4 Å². The Balaban J connectivity index is 1.52. The van der Waals surface area contributed by atoms with Crippen molar-refractivity contribution in [3.8, 4) is 22.9 Å². The smallest absolute Gasteiger partial charge is 0.251 e.